The lowest BCUT2D eigenvalue weighted by atomic mass is 10.1. The van der Waals surface area contributed by atoms with E-state index in [0.29, 0.717) is 6.04 Å². The number of aliphatic hydroxyl groups is 1. The van der Waals surface area contributed by atoms with Gasteiger partial charge in [-0.05, 0) is 44.0 Å². The van der Waals surface area contributed by atoms with Gasteiger partial charge in [0.2, 0.25) is 0 Å². The molecule has 0 unspecified atom stereocenters. The number of rotatable bonds is 7. The van der Waals surface area contributed by atoms with Crippen molar-refractivity contribution >= 4 is 0 Å². The highest BCUT2D eigenvalue weighted by atomic mass is 16.3. The molecule has 0 bridgehead atoms. The molecule has 1 aliphatic heterocycles. The van der Waals surface area contributed by atoms with Gasteiger partial charge in [-0.2, -0.15) is 5.10 Å². The van der Waals surface area contributed by atoms with Gasteiger partial charge < -0.3 is 5.11 Å². The summed E-state index contributed by atoms with van der Waals surface area (Å²) in [4.78, 5) is 5.00. The Morgan fingerprint density at radius 2 is 2.04 bits per heavy atom. The molecule has 3 rings (SSSR count). The molecule has 0 radical (unpaired) electrons. The van der Waals surface area contributed by atoms with Gasteiger partial charge in [-0.3, -0.25) is 9.80 Å². The van der Waals surface area contributed by atoms with Gasteiger partial charge in [-0.15, -0.1) is 0 Å². The SMILES string of the molecule is CC(C)=CCN1CCN(Cc2ccc(-n3cccn3)cc2)C[C@H]1CCO. The Morgan fingerprint density at radius 3 is 2.69 bits per heavy atom. The molecule has 2 heterocycles. The second kappa shape index (κ2) is 9.12. The summed E-state index contributed by atoms with van der Waals surface area (Å²) in [6, 6.07) is 11.0. The van der Waals surface area contributed by atoms with E-state index in [4.69, 9.17) is 0 Å². The number of aliphatic hydroxyl groups excluding tert-OH is 1. The molecule has 1 saturated heterocycles. The van der Waals surface area contributed by atoms with Gasteiger partial charge in [0.05, 0.1) is 5.69 Å². The Morgan fingerprint density at radius 1 is 1.23 bits per heavy atom. The van der Waals surface area contributed by atoms with Crippen LogP contribution in [-0.4, -0.2) is 63.5 Å². The molecule has 0 aliphatic carbocycles. The normalized spacial score (nSPS) is 18.8. The van der Waals surface area contributed by atoms with Crippen LogP contribution in [0.4, 0.5) is 0 Å². The van der Waals surface area contributed by atoms with Gasteiger partial charge in [0.15, 0.2) is 0 Å². The number of piperazine rings is 1. The Labute approximate surface area is 156 Å². The van der Waals surface area contributed by atoms with Crippen LogP contribution >= 0.6 is 0 Å². The van der Waals surface area contributed by atoms with Gasteiger partial charge in [0, 0.05) is 57.8 Å². The lowest BCUT2D eigenvalue weighted by Crippen LogP contribution is -2.53. The molecular weight excluding hydrogens is 324 g/mol. The lowest BCUT2D eigenvalue weighted by molar-refractivity contribution is 0.0637. The van der Waals surface area contributed by atoms with Crippen molar-refractivity contribution in [1.82, 2.24) is 19.6 Å². The molecule has 5 nitrogen and oxygen atoms in total. The summed E-state index contributed by atoms with van der Waals surface area (Å²) in [5, 5.41) is 13.7. The standard InChI is InChI=1S/C21H30N4O/c1-18(2)8-12-24-14-13-23(17-21(24)9-15-26)16-19-4-6-20(7-5-19)25-11-3-10-22-25/h3-8,10-11,21,26H,9,12-17H2,1-2H3/t21-/m1/s1. The molecule has 0 spiro atoms. The van der Waals surface area contributed by atoms with E-state index in [2.05, 4.69) is 59.1 Å². The van der Waals surface area contributed by atoms with E-state index in [9.17, 15) is 5.11 Å². The summed E-state index contributed by atoms with van der Waals surface area (Å²) in [5.41, 5.74) is 3.76. The van der Waals surface area contributed by atoms with Gasteiger partial charge in [0.1, 0.15) is 0 Å². The molecule has 1 N–H and O–H groups in total. The molecule has 0 saturated carbocycles. The minimum absolute atomic E-state index is 0.252. The zero-order valence-corrected chi connectivity index (χ0v) is 15.9. The van der Waals surface area contributed by atoms with Crippen LogP contribution in [0.1, 0.15) is 25.8 Å². The Hall–Kier alpha value is -1.95. The van der Waals surface area contributed by atoms with Gasteiger partial charge in [0.25, 0.3) is 0 Å². The zero-order chi connectivity index (χ0) is 18.4. The first kappa shape index (κ1) is 18.8. The van der Waals surface area contributed by atoms with Crippen LogP contribution in [0.15, 0.2) is 54.4 Å². The van der Waals surface area contributed by atoms with Crippen molar-refractivity contribution in [3.05, 3.63) is 59.9 Å². The van der Waals surface area contributed by atoms with Crippen LogP contribution in [0.5, 0.6) is 0 Å². The number of allylic oxidation sites excluding steroid dienone is 1. The van der Waals surface area contributed by atoms with Crippen molar-refractivity contribution in [2.45, 2.75) is 32.9 Å². The van der Waals surface area contributed by atoms with E-state index in [-0.39, 0.29) is 6.61 Å². The van der Waals surface area contributed by atoms with Crippen molar-refractivity contribution in [2.24, 2.45) is 0 Å². The summed E-state index contributed by atoms with van der Waals surface area (Å²) in [6.07, 6.45) is 6.88. The summed E-state index contributed by atoms with van der Waals surface area (Å²) in [5.74, 6) is 0. The van der Waals surface area contributed by atoms with Crippen LogP contribution in [0.25, 0.3) is 5.69 Å². The highest BCUT2D eigenvalue weighted by molar-refractivity contribution is 5.33. The summed E-state index contributed by atoms with van der Waals surface area (Å²) < 4.78 is 1.88. The van der Waals surface area contributed by atoms with E-state index < -0.39 is 0 Å². The number of nitrogens with zero attached hydrogens (tertiary/aromatic N) is 4. The van der Waals surface area contributed by atoms with Crippen LogP contribution in [0.3, 0.4) is 0 Å². The second-order valence-corrected chi connectivity index (χ2v) is 7.29. The smallest absolute Gasteiger partial charge is 0.0645 e. The maximum absolute atomic E-state index is 9.44. The first-order valence-electron chi connectivity index (χ1n) is 9.45. The summed E-state index contributed by atoms with van der Waals surface area (Å²) >= 11 is 0. The molecule has 26 heavy (non-hydrogen) atoms. The van der Waals surface area contributed by atoms with Gasteiger partial charge in [-0.25, -0.2) is 4.68 Å². The Bertz CT molecular complexity index is 689. The molecule has 5 heteroatoms. The molecule has 1 atom stereocenters. The predicted molar refractivity (Wildman–Crippen MR) is 105 cm³/mol. The highest BCUT2D eigenvalue weighted by Crippen LogP contribution is 2.17. The minimum Gasteiger partial charge on any atom is -0.396 e. The van der Waals surface area contributed by atoms with E-state index in [1.165, 1.54) is 11.1 Å². The van der Waals surface area contributed by atoms with Gasteiger partial charge in [-0.1, -0.05) is 23.8 Å². The fourth-order valence-corrected chi connectivity index (χ4v) is 3.50. The number of hydrogen-bond donors (Lipinski definition) is 1. The minimum atomic E-state index is 0.252. The first-order valence-corrected chi connectivity index (χ1v) is 9.45. The van der Waals surface area contributed by atoms with E-state index in [0.717, 1.165) is 44.8 Å². The average Bonchev–Trinajstić information content (AvgIpc) is 3.16. The maximum Gasteiger partial charge on any atom is 0.0645 e. The van der Waals surface area contributed by atoms with Gasteiger partial charge >= 0.3 is 0 Å². The van der Waals surface area contributed by atoms with Crippen molar-refractivity contribution in [3.63, 3.8) is 0 Å². The molecule has 1 fully saturated rings. The highest BCUT2D eigenvalue weighted by Gasteiger charge is 2.25. The molecule has 1 aromatic heterocycles. The molecular formula is C21H30N4O. The van der Waals surface area contributed by atoms with Crippen LogP contribution < -0.4 is 0 Å². The monoisotopic (exact) mass is 354 g/mol. The summed E-state index contributed by atoms with van der Waals surface area (Å²) in [7, 11) is 0. The molecule has 2 aromatic rings. The number of hydrogen-bond acceptors (Lipinski definition) is 4. The third-order valence-electron chi connectivity index (χ3n) is 5.00. The molecule has 140 valence electrons. The number of benzene rings is 1. The third kappa shape index (κ3) is 5.04. The van der Waals surface area contributed by atoms with Crippen molar-refractivity contribution < 1.29 is 5.11 Å². The van der Waals surface area contributed by atoms with E-state index in [1.54, 1.807) is 6.20 Å². The van der Waals surface area contributed by atoms with Crippen LogP contribution in [-0.2, 0) is 6.54 Å². The Kier molecular flexibility index (Phi) is 6.61. The topological polar surface area (TPSA) is 44.5 Å². The molecule has 0 amide bonds. The molecule has 1 aliphatic rings. The van der Waals surface area contributed by atoms with Crippen LogP contribution in [0.2, 0.25) is 0 Å². The predicted octanol–water partition coefficient (Wildman–Crippen LogP) is 2.71. The number of aromatic nitrogens is 2. The average molecular weight is 354 g/mol. The van der Waals surface area contributed by atoms with E-state index >= 15 is 0 Å². The second-order valence-electron chi connectivity index (χ2n) is 7.29. The van der Waals surface area contributed by atoms with Crippen molar-refractivity contribution in [1.29, 1.82) is 0 Å². The fourth-order valence-electron chi connectivity index (χ4n) is 3.50. The Balaban J connectivity index is 1.59. The fraction of sp³-hybridized carbons (Fsp3) is 0.476. The van der Waals surface area contributed by atoms with E-state index in [1.807, 2.05) is 16.9 Å². The zero-order valence-electron chi connectivity index (χ0n) is 15.9. The lowest BCUT2D eigenvalue weighted by Gasteiger charge is -2.41. The van der Waals surface area contributed by atoms with Crippen molar-refractivity contribution in [3.8, 4) is 5.69 Å². The first-order chi connectivity index (χ1) is 12.7. The largest absolute Gasteiger partial charge is 0.396 e. The molecule has 1 aromatic carbocycles. The maximum atomic E-state index is 9.44. The summed E-state index contributed by atoms with van der Waals surface area (Å²) in [6.45, 7) is 9.62. The quantitative estimate of drug-likeness (QED) is 0.777. The van der Waals surface area contributed by atoms with Crippen LogP contribution in [0, 0.1) is 0 Å². The third-order valence-corrected chi connectivity index (χ3v) is 5.00. The van der Waals surface area contributed by atoms with Crippen molar-refractivity contribution in [2.75, 3.05) is 32.8 Å².